The maximum atomic E-state index is 5.82. The number of nitrogens with two attached hydrogens (primary N) is 1. The van der Waals surface area contributed by atoms with Gasteiger partial charge in [-0.25, -0.2) is 14.6 Å². The fourth-order valence-corrected chi connectivity index (χ4v) is 2.39. The largest absolute Gasteiger partial charge is 0.383 e. The summed E-state index contributed by atoms with van der Waals surface area (Å²) in [6.07, 6.45) is 3.51. The number of hydrogen-bond donors (Lipinski definition) is 1. The first-order chi connectivity index (χ1) is 7.69. The maximum absolute atomic E-state index is 5.82. The Hall–Kier alpha value is -1.17. The molecule has 0 amide bonds. The van der Waals surface area contributed by atoms with Crippen LogP contribution in [-0.4, -0.2) is 19.7 Å². The fraction of sp³-hybridized carbons (Fsp3) is 0.500. The van der Waals surface area contributed by atoms with E-state index in [9.17, 15) is 0 Å². The molecule has 0 aromatic carbocycles. The molecule has 2 aromatic rings. The predicted octanol–water partition coefficient (Wildman–Crippen LogP) is 2.53. The molecule has 2 aromatic heterocycles. The summed E-state index contributed by atoms with van der Waals surface area (Å²) in [5, 5.41) is 5.24. The van der Waals surface area contributed by atoms with Gasteiger partial charge in [0.05, 0.1) is 11.4 Å². The summed E-state index contributed by atoms with van der Waals surface area (Å²) in [5.41, 5.74) is 6.62. The third kappa shape index (κ3) is 1.67. The summed E-state index contributed by atoms with van der Waals surface area (Å²) in [6.45, 7) is 4.28. The quantitative estimate of drug-likeness (QED) is 0.940. The van der Waals surface area contributed by atoms with Gasteiger partial charge in [-0.1, -0.05) is 13.8 Å². The number of anilines is 1. The molecule has 0 saturated heterocycles. The molecular weight excluding hydrogens is 270 g/mol. The molecular formula is C10H14BrN5. The summed E-state index contributed by atoms with van der Waals surface area (Å²) >= 11 is 3.40. The van der Waals surface area contributed by atoms with Crippen LogP contribution < -0.4 is 5.73 Å². The predicted molar refractivity (Wildman–Crippen MR) is 67.1 cm³/mol. The lowest BCUT2D eigenvalue weighted by Crippen LogP contribution is -2.09. The summed E-state index contributed by atoms with van der Waals surface area (Å²) in [6, 6.07) is 0.350. The lowest BCUT2D eigenvalue weighted by Gasteiger charge is -2.13. The van der Waals surface area contributed by atoms with Crippen molar-refractivity contribution in [3.8, 4) is 0 Å². The normalized spacial score (nSPS) is 11.5. The smallest absolute Gasteiger partial charge is 0.164 e. The first kappa shape index (κ1) is 11.3. The first-order valence-electron chi connectivity index (χ1n) is 5.33. The van der Waals surface area contributed by atoms with E-state index in [0.717, 1.165) is 23.9 Å². The van der Waals surface area contributed by atoms with E-state index in [1.165, 1.54) is 6.33 Å². The second-order valence-electron chi connectivity index (χ2n) is 3.66. The van der Waals surface area contributed by atoms with Crippen molar-refractivity contribution in [2.75, 3.05) is 5.73 Å². The molecule has 0 radical (unpaired) electrons. The van der Waals surface area contributed by atoms with Gasteiger partial charge in [-0.05, 0) is 28.8 Å². The Bertz CT molecular complexity index is 503. The van der Waals surface area contributed by atoms with Crippen LogP contribution >= 0.6 is 15.9 Å². The minimum Gasteiger partial charge on any atom is -0.383 e. The van der Waals surface area contributed by atoms with Crippen LogP contribution in [0, 0.1) is 0 Å². The number of halogens is 1. The van der Waals surface area contributed by atoms with Crippen molar-refractivity contribution in [3.63, 3.8) is 0 Å². The van der Waals surface area contributed by atoms with Crippen LogP contribution in [-0.2, 0) is 0 Å². The zero-order valence-corrected chi connectivity index (χ0v) is 10.9. The molecule has 2 N–H and O–H groups in total. The van der Waals surface area contributed by atoms with Gasteiger partial charge in [0.25, 0.3) is 0 Å². The SMILES string of the molecule is CCC(CC)n1nc(Br)c2c(N)ncnc21. The number of rotatable bonds is 3. The number of hydrogen-bond acceptors (Lipinski definition) is 4. The molecule has 0 aliphatic heterocycles. The molecule has 86 valence electrons. The lowest BCUT2D eigenvalue weighted by atomic mass is 10.2. The Morgan fingerprint density at radius 1 is 1.38 bits per heavy atom. The van der Waals surface area contributed by atoms with E-state index in [1.54, 1.807) is 0 Å². The summed E-state index contributed by atoms with van der Waals surface area (Å²) in [4.78, 5) is 8.23. The van der Waals surface area contributed by atoms with Gasteiger partial charge in [0.1, 0.15) is 16.7 Å². The van der Waals surface area contributed by atoms with E-state index in [4.69, 9.17) is 5.73 Å². The zero-order chi connectivity index (χ0) is 11.7. The summed E-state index contributed by atoms with van der Waals surface area (Å²) in [5.74, 6) is 0.467. The van der Waals surface area contributed by atoms with Gasteiger partial charge in [0, 0.05) is 0 Å². The molecule has 0 saturated carbocycles. The first-order valence-corrected chi connectivity index (χ1v) is 6.12. The third-order valence-corrected chi connectivity index (χ3v) is 3.32. The van der Waals surface area contributed by atoms with Gasteiger partial charge in [0.15, 0.2) is 5.65 Å². The Labute approximate surface area is 102 Å². The molecule has 0 atom stereocenters. The van der Waals surface area contributed by atoms with Gasteiger partial charge < -0.3 is 5.73 Å². The van der Waals surface area contributed by atoms with Crippen molar-refractivity contribution in [2.24, 2.45) is 0 Å². The highest BCUT2D eigenvalue weighted by atomic mass is 79.9. The van der Waals surface area contributed by atoms with E-state index >= 15 is 0 Å². The van der Waals surface area contributed by atoms with Gasteiger partial charge in [-0.2, -0.15) is 5.10 Å². The second kappa shape index (κ2) is 4.37. The molecule has 0 bridgehead atoms. The van der Waals surface area contributed by atoms with Crippen LogP contribution in [0.25, 0.3) is 11.0 Å². The van der Waals surface area contributed by atoms with Gasteiger partial charge in [-0.15, -0.1) is 0 Å². The van der Waals surface area contributed by atoms with Crippen LogP contribution in [0.5, 0.6) is 0 Å². The zero-order valence-electron chi connectivity index (χ0n) is 9.31. The minimum absolute atomic E-state index is 0.350. The molecule has 2 heterocycles. The Morgan fingerprint density at radius 3 is 2.69 bits per heavy atom. The van der Waals surface area contributed by atoms with Gasteiger partial charge >= 0.3 is 0 Å². The molecule has 0 unspecified atom stereocenters. The monoisotopic (exact) mass is 283 g/mol. The molecule has 16 heavy (non-hydrogen) atoms. The van der Waals surface area contributed by atoms with Gasteiger partial charge in [0.2, 0.25) is 0 Å². The Kier molecular flexibility index (Phi) is 3.09. The molecule has 0 aliphatic carbocycles. The van der Waals surface area contributed by atoms with E-state index in [0.29, 0.717) is 16.5 Å². The second-order valence-corrected chi connectivity index (χ2v) is 4.41. The van der Waals surface area contributed by atoms with Crippen molar-refractivity contribution in [1.82, 2.24) is 19.7 Å². The minimum atomic E-state index is 0.350. The van der Waals surface area contributed by atoms with Crippen molar-refractivity contribution >= 4 is 32.8 Å². The number of nitrogen functional groups attached to an aromatic ring is 1. The van der Waals surface area contributed by atoms with Crippen molar-refractivity contribution in [3.05, 3.63) is 10.9 Å². The number of nitrogens with zero attached hydrogens (tertiary/aromatic N) is 4. The van der Waals surface area contributed by atoms with Crippen molar-refractivity contribution < 1.29 is 0 Å². The average Bonchev–Trinajstić information content (AvgIpc) is 2.60. The molecule has 0 spiro atoms. The third-order valence-electron chi connectivity index (χ3n) is 2.76. The number of aromatic nitrogens is 4. The average molecular weight is 284 g/mol. The van der Waals surface area contributed by atoms with E-state index < -0.39 is 0 Å². The Balaban J connectivity index is 2.68. The van der Waals surface area contributed by atoms with Crippen LogP contribution in [0.1, 0.15) is 32.7 Å². The molecule has 2 rings (SSSR count). The highest BCUT2D eigenvalue weighted by Crippen LogP contribution is 2.29. The maximum Gasteiger partial charge on any atom is 0.164 e. The standard InChI is InChI=1S/C10H14BrN5/c1-3-6(4-2)16-10-7(8(11)15-16)9(12)13-5-14-10/h5-6H,3-4H2,1-2H3,(H2,12,13,14). The van der Waals surface area contributed by atoms with Crippen LogP contribution in [0.15, 0.2) is 10.9 Å². The van der Waals surface area contributed by atoms with Crippen molar-refractivity contribution in [2.45, 2.75) is 32.7 Å². The fourth-order valence-electron chi connectivity index (χ4n) is 1.84. The molecule has 6 heteroatoms. The Morgan fingerprint density at radius 2 is 2.06 bits per heavy atom. The van der Waals surface area contributed by atoms with Crippen LogP contribution in [0.3, 0.4) is 0 Å². The van der Waals surface area contributed by atoms with E-state index in [-0.39, 0.29) is 0 Å². The van der Waals surface area contributed by atoms with Crippen LogP contribution in [0.2, 0.25) is 0 Å². The summed E-state index contributed by atoms with van der Waals surface area (Å²) < 4.78 is 2.64. The molecule has 0 aliphatic rings. The van der Waals surface area contributed by atoms with Crippen LogP contribution in [0.4, 0.5) is 5.82 Å². The van der Waals surface area contributed by atoms with Crippen molar-refractivity contribution in [1.29, 1.82) is 0 Å². The summed E-state index contributed by atoms with van der Waals surface area (Å²) in [7, 11) is 0. The molecule has 0 fully saturated rings. The van der Waals surface area contributed by atoms with Gasteiger partial charge in [-0.3, -0.25) is 0 Å². The highest BCUT2D eigenvalue weighted by molar-refractivity contribution is 9.10. The lowest BCUT2D eigenvalue weighted by molar-refractivity contribution is 0.437. The molecule has 5 nitrogen and oxygen atoms in total. The van der Waals surface area contributed by atoms with E-state index in [1.807, 2.05) is 4.68 Å². The topological polar surface area (TPSA) is 69.6 Å². The van der Waals surface area contributed by atoms with E-state index in [2.05, 4.69) is 44.8 Å². The highest BCUT2D eigenvalue weighted by Gasteiger charge is 2.17. The number of fused-ring (bicyclic) bond motifs is 1.